The lowest BCUT2D eigenvalue weighted by Crippen LogP contribution is -2.29. The third-order valence-electron chi connectivity index (χ3n) is 4.23. The van der Waals surface area contributed by atoms with Crippen LogP contribution in [0.1, 0.15) is 43.9 Å². The Kier molecular flexibility index (Phi) is 5.69. The SMILES string of the molecule is Cc1ccc(C(O)CCN2CCSC(C)(C)CC2)cc1F. The summed E-state index contributed by atoms with van der Waals surface area (Å²) in [6, 6.07) is 5.02. The summed E-state index contributed by atoms with van der Waals surface area (Å²) in [5, 5.41) is 10.2. The summed E-state index contributed by atoms with van der Waals surface area (Å²) < 4.78 is 13.9. The van der Waals surface area contributed by atoms with E-state index < -0.39 is 6.10 Å². The summed E-state index contributed by atoms with van der Waals surface area (Å²) in [6.45, 7) is 9.35. The highest BCUT2D eigenvalue weighted by molar-refractivity contribution is 8.00. The Morgan fingerprint density at radius 1 is 1.38 bits per heavy atom. The quantitative estimate of drug-likeness (QED) is 0.915. The van der Waals surface area contributed by atoms with E-state index in [2.05, 4.69) is 18.7 Å². The first-order valence-corrected chi connectivity index (χ1v) is 8.66. The Balaban J connectivity index is 1.86. The summed E-state index contributed by atoms with van der Waals surface area (Å²) in [4.78, 5) is 2.41. The van der Waals surface area contributed by atoms with Gasteiger partial charge in [0.2, 0.25) is 0 Å². The predicted molar refractivity (Wildman–Crippen MR) is 88.3 cm³/mol. The topological polar surface area (TPSA) is 23.5 Å². The van der Waals surface area contributed by atoms with Crippen molar-refractivity contribution in [1.82, 2.24) is 4.90 Å². The summed E-state index contributed by atoms with van der Waals surface area (Å²) in [7, 11) is 0. The van der Waals surface area contributed by atoms with Gasteiger partial charge in [0.25, 0.3) is 0 Å². The number of aryl methyl sites for hydroxylation is 1. The molecule has 1 fully saturated rings. The first kappa shape index (κ1) is 16.8. The standard InChI is InChI=1S/C17H26FNOS/c1-13-4-5-14(12-15(13)18)16(20)6-8-19-9-7-17(2,3)21-11-10-19/h4-5,12,16,20H,6-11H2,1-3H3. The van der Waals surface area contributed by atoms with E-state index in [1.54, 1.807) is 13.0 Å². The molecule has 1 aliphatic heterocycles. The van der Waals surface area contributed by atoms with Gasteiger partial charge in [-0.25, -0.2) is 4.39 Å². The van der Waals surface area contributed by atoms with Gasteiger partial charge in [-0.2, -0.15) is 11.8 Å². The van der Waals surface area contributed by atoms with Gasteiger partial charge in [0.05, 0.1) is 6.10 Å². The van der Waals surface area contributed by atoms with Crippen LogP contribution < -0.4 is 0 Å². The van der Waals surface area contributed by atoms with Gasteiger partial charge in [-0.05, 0) is 43.5 Å². The lowest BCUT2D eigenvalue weighted by atomic mass is 10.0. The van der Waals surface area contributed by atoms with Gasteiger partial charge in [-0.3, -0.25) is 0 Å². The number of benzene rings is 1. The highest BCUT2D eigenvalue weighted by atomic mass is 32.2. The van der Waals surface area contributed by atoms with Crippen molar-refractivity contribution in [3.05, 3.63) is 35.1 Å². The molecule has 0 bridgehead atoms. The minimum Gasteiger partial charge on any atom is -0.388 e. The van der Waals surface area contributed by atoms with Crippen LogP contribution in [0.2, 0.25) is 0 Å². The number of aliphatic hydroxyl groups excluding tert-OH is 1. The highest BCUT2D eigenvalue weighted by Gasteiger charge is 2.23. The molecule has 1 N–H and O–H groups in total. The Bertz CT molecular complexity index is 478. The van der Waals surface area contributed by atoms with Crippen molar-refractivity contribution in [3.63, 3.8) is 0 Å². The largest absolute Gasteiger partial charge is 0.388 e. The van der Waals surface area contributed by atoms with Gasteiger partial charge in [-0.1, -0.05) is 26.0 Å². The second-order valence-corrected chi connectivity index (χ2v) is 8.31. The monoisotopic (exact) mass is 311 g/mol. The zero-order valence-corrected chi connectivity index (χ0v) is 14.0. The van der Waals surface area contributed by atoms with Crippen LogP contribution in [-0.2, 0) is 0 Å². The van der Waals surface area contributed by atoms with E-state index in [1.165, 1.54) is 12.5 Å². The number of halogens is 1. The average Bonchev–Trinajstić information content (AvgIpc) is 2.60. The van der Waals surface area contributed by atoms with Crippen LogP contribution in [0.3, 0.4) is 0 Å². The maximum absolute atomic E-state index is 13.5. The van der Waals surface area contributed by atoms with E-state index in [-0.39, 0.29) is 5.82 Å². The molecule has 1 aromatic carbocycles. The van der Waals surface area contributed by atoms with E-state index in [0.717, 1.165) is 25.4 Å². The van der Waals surface area contributed by atoms with Crippen molar-refractivity contribution >= 4 is 11.8 Å². The lowest BCUT2D eigenvalue weighted by Gasteiger charge is -2.23. The average molecular weight is 311 g/mol. The fraction of sp³-hybridized carbons (Fsp3) is 0.647. The smallest absolute Gasteiger partial charge is 0.126 e. The Hall–Kier alpha value is -0.580. The number of aliphatic hydroxyl groups is 1. The molecule has 2 nitrogen and oxygen atoms in total. The molecule has 1 heterocycles. The van der Waals surface area contributed by atoms with Crippen LogP contribution in [0.25, 0.3) is 0 Å². The van der Waals surface area contributed by atoms with E-state index in [0.29, 0.717) is 22.3 Å². The van der Waals surface area contributed by atoms with E-state index >= 15 is 0 Å². The van der Waals surface area contributed by atoms with Crippen molar-refractivity contribution in [2.45, 2.75) is 44.5 Å². The highest BCUT2D eigenvalue weighted by Crippen LogP contribution is 2.31. The molecule has 0 radical (unpaired) electrons. The molecule has 0 aliphatic carbocycles. The molecule has 118 valence electrons. The number of hydrogen-bond donors (Lipinski definition) is 1. The molecule has 0 aromatic heterocycles. The molecule has 1 unspecified atom stereocenters. The van der Waals surface area contributed by atoms with Crippen molar-refractivity contribution in [2.75, 3.05) is 25.4 Å². The van der Waals surface area contributed by atoms with Crippen LogP contribution in [0.5, 0.6) is 0 Å². The molecule has 4 heteroatoms. The summed E-state index contributed by atoms with van der Waals surface area (Å²) in [5.74, 6) is 0.905. The van der Waals surface area contributed by atoms with Gasteiger partial charge in [0, 0.05) is 23.6 Å². The van der Waals surface area contributed by atoms with E-state index in [1.807, 2.05) is 17.8 Å². The normalized spacial score (nSPS) is 21.0. The lowest BCUT2D eigenvalue weighted by molar-refractivity contribution is 0.143. The first-order chi connectivity index (χ1) is 9.87. The van der Waals surface area contributed by atoms with E-state index in [9.17, 15) is 9.50 Å². The first-order valence-electron chi connectivity index (χ1n) is 7.68. The second-order valence-electron chi connectivity index (χ2n) is 6.51. The molecule has 21 heavy (non-hydrogen) atoms. The number of nitrogens with zero attached hydrogens (tertiary/aromatic N) is 1. The van der Waals surface area contributed by atoms with E-state index in [4.69, 9.17) is 0 Å². The molecule has 1 atom stereocenters. The Morgan fingerprint density at radius 2 is 2.14 bits per heavy atom. The van der Waals surface area contributed by atoms with Crippen LogP contribution in [0, 0.1) is 12.7 Å². The fourth-order valence-electron chi connectivity index (χ4n) is 2.57. The third kappa shape index (κ3) is 4.97. The van der Waals surface area contributed by atoms with Crippen LogP contribution in [-0.4, -0.2) is 40.1 Å². The number of rotatable bonds is 4. The molecular formula is C17H26FNOS. The summed E-state index contributed by atoms with van der Waals surface area (Å²) in [5.41, 5.74) is 1.31. The van der Waals surface area contributed by atoms with Gasteiger partial charge in [-0.15, -0.1) is 0 Å². The molecule has 0 amide bonds. The van der Waals surface area contributed by atoms with Gasteiger partial charge >= 0.3 is 0 Å². The third-order valence-corrected chi connectivity index (χ3v) is 5.60. The van der Waals surface area contributed by atoms with Crippen LogP contribution in [0.4, 0.5) is 4.39 Å². The maximum Gasteiger partial charge on any atom is 0.126 e. The van der Waals surface area contributed by atoms with Crippen LogP contribution in [0.15, 0.2) is 18.2 Å². The summed E-state index contributed by atoms with van der Waals surface area (Å²) in [6.07, 6.45) is 1.25. The zero-order valence-electron chi connectivity index (χ0n) is 13.2. The number of thioether (sulfide) groups is 1. The minimum atomic E-state index is -0.580. The number of hydrogen-bond acceptors (Lipinski definition) is 3. The molecule has 1 aliphatic rings. The Labute approximate surface area is 131 Å². The molecule has 1 saturated heterocycles. The second kappa shape index (κ2) is 7.12. The van der Waals surface area contributed by atoms with Crippen molar-refractivity contribution < 1.29 is 9.50 Å². The van der Waals surface area contributed by atoms with Crippen molar-refractivity contribution in [3.8, 4) is 0 Å². The molecule has 0 saturated carbocycles. The zero-order chi connectivity index (χ0) is 15.5. The molecule has 1 aromatic rings. The van der Waals surface area contributed by atoms with Crippen molar-refractivity contribution in [2.24, 2.45) is 0 Å². The van der Waals surface area contributed by atoms with Crippen molar-refractivity contribution in [1.29, 1.82) is 0 Å². The summed E-state index contributed by atoms with van der Waals surface area (Å²) >= 11 is 2.03. The molecule has 0 spiro atoms. The predicted octanol–water partition coefficient (Wildman–Crippen LogP) is 3.78. The van der Waals surface area contributed by atoms with Gasteiger partial charge in [0.15, 0.2) is 0 Å². The van der Waals surface area contributed by atoms with Gasteiger partial charge < -0.3 is 10.0 Å². The van der Waals surface area contributed by atoms with Crippen LogP contribution >= 0.6 is 11.8 Å². The minimum absolute atomic E-state index is 0.237. The Morgan fingerprint density at radius 3 is 2.86 bits per heavy atom. The van der Waals surface area contributed by atoms with Gasteiger partial charge in [0.1, 0.15) is 5.82 Å². The molecule has 2 rings (SSSR count). The maximum atomic E-state index is 13.5. The molecular weight excluding hydrogens is 285 g/mol. The fourth-order valence-corrected chi connectivity index (χ4v) is 3.71.